The molecule has 0 atom stereocenters. The molecule has 1 heterocycles. The first kappa shape index (κ1) is 15.4. The van der Waals surface area contributed by atoms with Gasteiger partial charge in [-0.25, -0.2) is 0 Å². The quantitative estimate of drug-likeness (QED) is 0.679. The maximum Gasteiger partial charge on any atom is 0.574 e. The van der Waals surface area contributed by atoms with Crippen LogP contribution in [0.3, 0.4) is 0 Å². The highest BCUT2D eigenvalue weighted by atomic mass is 35.5. The number of hydrogen-bond donors (Lipinski definition) is 1. The van der Waals surface area contributed by atoms with E-state index in [1.54, 1.807) is 0 Å². The van der Waals surface area contributed by atoms with Gasteiger partial charge in [0.1, 0.15) is 0 Å². The summed E-state index contributed by atoms with van der Waals surface area (Å²) in [5.74, 6) is -1.78. The Hall–Kier alpha value is -1.70. The summed E-state index contributed by atoms with van der Waals surface area (Å²) in [5, 5.41) is 0. The minimum atomic E-state index is -4.93. The number of nitrogens with one attached hydrogen (secondary N) is 1. The molecule has 0 aromatic carbocycles. The number of alkyl halides is 4. The van der Waals surface area contributed by atoms with Gasteiger partial charge in [0, 0.05) is 17.3 Å². The van der Waals surface area contributed by atoms with E-state index in [0.29, 0.717) is 6.07 Å². The van der Waals surface area contributed by atoms with Crippen molar-refractivity contribution in [2.75, 3.05) is 7.11 Å². The van der Waals surface area contributed by atoms with Crippen molar-refractivity contribution in [3.63, 3.8) is 0 Å². The van der Waals surface area contributed by atoms with Crippen LogP contribution in [0.1, 0.15) is 11.3 Å². The molecule has 0 saturated carbocycles. The molecule has 0 saturated heterocycles. The van der Waals surface area contributed by atoms with Crippen molar-refractivity contribution >= 4 is 17.6 Å². The first-order valence-corrected chi connectivity index (χ1v) is 5.44. The molecule has 0 aliphatic rings. The second-order valence-electron chi connectivity index (χ2n) is 3.39. The van der Waals surface area contributed by atoms with Crippen LogP contribution in [0.15, 0.2) is 10.9 Å². The van der Waals surface area contributed by atoms with Gasteiger partial charge in [-0.15, -0.1) is 24.8 Å². The Bertz CT molecular complexity index is 526. The van der Waals surface area contributed by atoms with Crippen LogP contribution in [0, 0.1) is 0 Å². The largest absolute Gasteiger partial charge is 0.574 e. The molecule has 9 heteroatoms. The van der Waals surface area contributed by atoms with Crippen LogP contribution in [0.5, 0.6) is 5.88 Å². The van der Waals surface area contributed by atoms with Gasteiger partial charge in [0.2, 0.25) is 5.88 Å². The van der Waals surface area contributed by atoms with Gasteiger partial charge in [-0.1, -0.05) is 0 Å². The molecular formula is C10H9ClF3NO4. The maximum absolute atomic E-state index is 12.0. The van der Waals surface area contributed by atoms with Gasteiger partial charge in [-0.05, 0) is 0 Å². The zero-order valence-electron chi connectivity index (χ0n) is 9.64. The Labute approximate surface area is 110 Å². The molecular weight excluding hydrogens is 291 g/mol. The number of esters is 1. The Kier molecular flexibility index (Phi) is 4.82. The van der Waals surface area contributed by atoms with Crippen LogP contribution in [0.4, 0.5) is 13.2 Å². The van der Waals surface area contributed by atoms with E-state index in [1.807, 2.05) is 0 Å². The number of H-pyrrole nitrogens is 1. The summed E-state index contributed by atoms with van der Waals surface area (Å²) in [6.45, 7) is 0. The van der Waals surface area contributed by atoms with Crippen LogP contribution in [-0.4, -0.2) is 24.4 Å². The second-order valence-corrected chi connectivity index (χ2v) is 3.66. The van der Waals surface area contributed by atoms with E-state index in [0.717, 1.165) is 7.11 Å². The highest BCUT2D eigenvalue weighted by Gasteiger charge is 2.32. The fourth-order valence-electron chi connectivity index (χ4n) is 1.32. The highest BCUT2D eigenvalue weighted by Crippen LogP contribution is 2.21. The molecule has 0 aliphatic carbocycles. The number of aromatic amines is 1. The van der Waals surface area contributed by atoms with Crippen molar-refractivity contribution in [3.8, 4) is 5.88 Å². The SMILES string of the molecule is COC(=O)Cc1c(CCl)[nH]c(OC(F)(F)F)cc1=O. The molecule has 1 aromatic rings. The maximum atomic E-state index is 12.0. The molecule has 19 heavy (non-hydrogen) atoms. The summed E-state index contributed by atoms with van der Waals surface area (Å²) in [6, 6.07) is 0.599. The Morgan fingerprint density at radius 3 is 2.58 bits per heavy atom. The summed E-state index contributed by atoms with van der Waals surface area (Å²) in [5.41, 5.74) is -0.880. The van der Waals surface area contributed by atoms with Gasteiger partial charge in [-0.3, -0.25) is 9.59 Å². The Morgan fingerprint density at radius 2 is 2.11 bits per heavy atom. The van der Waals surface area contributed by atoms with E-state index in [4.69, 9.17) is 11.6 Å². The Morgan fingerprint density at radius 1 is 1.47 bits per heavy atom. The number of carbonyl (C=O) groups is 1. The minimum absolute atomic E-state index is 0.0289. The fourth-order valence-corrected chi connectivity index (χ4v) is 1.55. The minimum Gasteiger partial charge on any atom is -0.469 e. The van der Waals surface area contributed by atoms with Crippen molar-refractivity contribution in [3.05, 3.63) is 27.5 Å². The van der Waals surface area contributed by atoms with Gasteiger partial charge in [0.25, 0.3) is 0 Å². The van der Waals surface area contributed by atoms with E-state index in [1.165, 1.54) is 0 Å². The average Bonchev–Trinajstić information content (AvgIpc) is 2.29. The predicted molar refractivity (Wildman–Crippen MR) is 59.0 cm³/mol. The summed E-state index contributed by atoms with van der Waals surface area (Å²) in [7, 11) is 1.12. The molecule has 1 N–H and O–H groups in total. The number of rotatable bonds is 4. The lowest BCUT2D eigenvalue weighted by Crippen LogP contribution is -2.22. The van der Waals surface area contributed by atoms with E-state index < -0.39 is 23.6 Å². The molecule has 106 valence electrons. The normalized spacial score (nSPS) is 11.2. The van der Waals surface area contributed by atoms with Gasteiger partial charge in [0.15, 0.2) is 5.43 Å². The third-order valence-electron chi connectivity index (χ3n) is 2.11. The zero-order valence-corrected chi connectivity index (χ0v) is 10.4. The van der Waals surface area contributed by atoms with Crippen LogP contribution in [-0.2, 0) is 21.8 Å². The highest BCUT2D eigenvalue weighted by molar-refractivity contribution is 6.17. The van der Waals surface area contributed by atoms with Gasteiger partial charge < -0.3 is 14.5 Å². The number of ether oxygens (including phenoxy) is 2. The van der Waals surface area contributed by atoms with Crippen LogP contribution >= 0.6 is 11.6 Å². The molecule has 1 aromatic heterocycles. The number of aromatic nitrogens is 1. The molecule has 0 unspecified atom stereocenters. The smallest absolute Gasteiger partial charge is 0.469 e. The summed E-state index contributed by atoms with van der Waals surface area (Å²) < 4.78 is 44.0. The number of carbonyl (C=O) groups excluding carboxylic acids is 1. The first-order chi connectivity index (χ1) is 8.76. The molecule has 0 spiro atoms. The summed E-state index contributed by atoms with van der Waals surface area (Å²) in [6.07, 6.45) is -5.32. The van der Waals surface area contributed by atoms with Crippen molar-refractivity contribution in [1.82, 2.24) is 4.98 Å². The van der Waals surface area contributed by atoms with E-state index in [9.17, 15) is 22.8 Å². The number of pyridine rings is 1. The van der Waals surface area contributed by atoms with E-state index >= 15 is 0 Å². The lowest BCUT2D eigenvalue weighted by molar-refractivity contribution is -0.276. The molecule has 0 bridgehead atoms. The number of halogens is 4. The Balaban J connectivity index is 3.15. The predicted octanol–water partition coefficient (Wildman–Crippen LogP) is 1.73. The molecule has 5 nitrogen and oxygen atoms in total. The van der Waals surface area contributed by atoms with Crippen LogP contribution in [0.2, 0.25) is 0 Å². The number of hydrogen-bond acceptors (Lipinski definition) is 4. The van der Waals surface area contributed by atoms with E-state index in [-0.39, 0.29) is 23.6 Å². The second kappa shape index (κ2) is 5.96. The van der Waals surface area contributed by atoms with Crippen LogP contribution in [0.25, 0.3) is 0 Å². The molecule has 0 fully saturated rings. The number of methoxy groups -OCH3 is 1. The van der Waals surface area contributed by atoms with E-state index in [2.05, 4.69) is 14.5 Å². The third-order valence-corrected chi connectivity index (χ3v) is 2.37. The van der Waals surface area contributed by atoms with Crippen LogP contribution < -0.4 is 10.2 Å². The lowest BCUT2D eigenvalue weighted by Gasteiger charge is -2.11. The van der Waals surface area contributed by atoms with Crippen molar-refractivity contribution in [1.29, 1.82) is 0 Å². The summed E-state index contributed by atoms with van der Waals surface area (Å²) >= 11 is 5.51. The lowest BCUT2D eigenvalue weighted by atomic mass is 10.1. The van der Waals surface area contributed by atoms with Crippen molar-refractivity contribution in [2.24, 2.45) is 0 Å². The molecule has 0 amide bonds. The van der Waals surface area contributed by atoms with Gasteiger partial charge in [-0.2, -0.15) is 0 Å². The average molecular weight is 300 g/mol. The third kappa shape index (κ3) is 4.47. The molecule has 0 radical (unpaired) electrons. The monoisotopic (exact) mass is 299 g/mol. The van der Waals surface area contributed by atoms with Crippen molar-refractivity contribution in [2.45, 2.75) is 18.7 Å². The van der Waals surface area contributed by atoms with Crippen molar-refractivity contribution < 1.29 is 27.4 Å². The first-order valence-electron chi connectivity index (χ1n) is 4.90. The van der Waals surface area contributed by atoms with Gasteiger partial charge in [0.05, 0.1) is 19.4 Å². The fraction of sp³-hybridized carbons (Fsp3) is 0.400. The standard InChI is InChI=1S/C10H9ClF3NO4/c1-18-9(17)2-5-6(4-11)15-8(3-7(5)16)19-10(12,13)14/h3H,2,4H2,1H3,(H,15,16). The zero-order chi connectivity index (χ0) is 14.6. The van der Waals surface area contributed by atoms with Gasteiger partial charge >= 0.3 is 12.3 Å². The molecule has 0 aliphatic heterocycles. The topological polar surface area (TPSA) is 68.4 Å². The summed E-state index contributed by atoms with van der Waals surface area (Å²) in [4.78, 5) is 24.9. The molecule has 1 rings (SSSR count).